The minimum absolute atomic E-state index is 0.0682. The van der Waals surface area contributed by atoms with Gasteiger partial charge in [-0.05, 0) is 24.3 Å². The van der Waals surface area contributed by atoms with Gasteiger partial charge >= 0.3 is 10.2 Å². The molecule has 0 atom stereocenters. The molecule has 1 saturated heterocycles. The Labute approximate surface area is 115 Å². The molecule has 2 aromatic rings. The molecule has 1 aromatic heterocycles. The number of rotatable bonds is 2. The van der Waals surface area contributed by atoms with Crippen molar-refractivity contribution in [2.45, 2.75) is 0 Å². The number of amides is 1. The summed E-state index contributed by atoms with van der Waals surface area (Å²) in [5.74, 6) is -0.838. The number of anilines is 1. The first kappa shape index (κ1) is 12.5. The molecular formula is C12H11N3O4S. The molecule has 2 heterocycles. The normalized spacial score (nSPS) is 17.2. The molecule has 0 bridgehead atoms. The highest BCUT2D eigenvalue weighted by atomic mass is 32.2. The number of hydrogen-bond donors (Lipinski definition) is 3. The number of carbonyl (C=O) groups excluding carboxylic acids is 1. The molecule has 0 unspecified atom stereocenters. The Bertz CT molecular complexity index is 768. The van der Waals surface area contributed by atoms with Gasteiger partial charge in [0.2, 0.25) is 0 Å². The number of aromatic amines is 1. The summed E-state index contributed by atoms with van der Waals surface area (Å²) in [6, 6.07) is 8.21. The lowest BCUT2D eigenvalue weighted by molar-refractivity contribution is -0.117. The number of phenolic OH excluding ortho intramolecular Hbond substituents is 1. The average Bonchev–Trinajstić information content (AvgIpc) is 2.97. The molecule has 1 aliphatic heterocycles. The Kier molecular flexibility index (Phi) is 2.68. The van der Waals surface area contributed by atoms with E-state index >= 15 is 0 Å². The summed E-state index contributed by atoms with van der Waals surface area (Å²) in [7, 11) is -3.91. The van der Waals surface area contributed by atoms with Crippen molar-refractivity contribution in [2.24, 2.45) is 0 Å². The van der Waals surface area contributed by atoms with E-state index in [2.05, 4.69) is 4.98 Å². The molecule has 7 nitrogen and oxygen atoms in total. The Morgan fingerprint density at radius 1 is 1.25 bits per heavy atom. The van der Waals surface area contributed by atoms with Crippen molar-refractivity contribution < 1.29 is 18.3 Å². The maximum atomic E-state index is 11.7. The maximum Gasteiger partial charge on any atom is 0.326 e. The first-order valence-corrected chi connectivity index (χ1v) is 7.21. The van der Waals surface area contributed by atoms with Gasteiger partial charge in [0.25, 0.3) is 5.91 Å². The molecule has 1 aromatic carbocycles. The molecule has 0 aliphatic carbocycles. The number of phenols is 1. The van der Waals surface area contributed by atoms with Crippen LogP contribution in [-0.2, 0) is 15.0 Å². The third kappa shape index (κ3) is 1.99. The van der Waals surface area contributed by atoms with Gasteiger partial charge < -0.3 is 10.1 Å². The van der Waals surface area contributed by atoms with Crippen LogP contribution in [0.1, 0.15) is 0 Å². The quantitative estimate of drug-likeness (QED) is 0.753. The predicted molar refractivity (Wildman–Crippen MR) is 72.3 cm³/mol. The van der Waals surface area contributed by atoms with Gasteiger partial charge in [0, 0.05) is 17.5 Å². The fourth-order valence-electron chi connectivity index (χ4n) is 2.07. The highest BCUT2D eigenvalue weighted by Gasteiger charge is 2.35. The van der Waals surface area contributed by atoms with E-state index in [-0.39, 0.29) is 18.0 Å². The Morgan fingerprint density at radius 3 is 2.60 bits per heavy atom. The van der Waals surface area contributed by atoms with E-state index in [1.807, 2.05) is 16.9 Å². The number of hydrogen-bond acceptors (Lipinski definition) is 4. The van der Waals surface area contributed by atoms with Gasteiger partial charge in [0.15, 0.2) is 0 Å². The van der Waals surface area contributed by atoms with Gasteiger partial charge in [-0.25, -0.2) is 9.03 Å². The molecule has 1 amide bonds. The minimum atomic E-state index is -3.91. The summed E-state index contributed by atoms with van der Waals surface area (Å²) < 4.78 is 26.1. The van der Waals surface area contributed by atoms with E-state index in [4.69, 9.17) is 0 Å². The predicted octanol–water partition coefficient (Wildman–Crippen LogP) is 0.568. The number of aromatic hydroxyl groups is 1. The van der Waals surface area contributed by atoms with Crippen LogP contribution in [0.4, 0.5) is 5.69 Å². The molecule has 0 saturated carbocycles. The fourth-order valence-corrected chi connectivity index (χ4v) is 3.24. The lowest BCUT2D eigenvalue weighted by Gasteiger charge is -2.16. The molecule has 0 spiro atoms. The summed E-state index contributed by atoms with van der Waals surface area (Å²) >= 11 is 0. The van der Waals surface area contributed by atoms with Crippen LogP contribution in [0.5, 0.6) is 5.75 Å². The third-order valence-corrected chi connectivity index (χ3v) is 4.36. The van der Waals surface area contributed by atoms with Crippen molar-refractivity contribution in [3.8, 4) is 17.0 Å². The smallest absolute Gasteiger partial charge is 0.326 e. The lowest BCUT2D eigenvalue weighted by Crippen LogP contribution is -2.29. The van der Waals surface area contributed by atoms with Crippen LogP contribution >= 0.6 is 0 Å². The average molecular weight is 293 g/mol. The van der Waals surface area contributed by atoms with Crippen LogP contribution in [0.2, 0.25) is 0 Å². The number of aromatic nitrogens is 1. The molecule has 3 rings (SSSR count). The van der Waals surface area contributed by atoms with Crippen molar-refractivity contribution in [3.05, 3.63) is 36.5 Å². The first-order valence-electron chi connectivity index (χ1n) is 5.77. The number of nitrogens with zero attached hydrogens (tertiary/aromatic N) is 1. The van der Waals surface area contributed by atoms with Crippen molar-refractivity contribution in [2.75, 3.05) is 10.8 Å². The summed E-state index contributed by atoms with van der Waals surface area (Å²) in [6.45, 7) is -0.336. The van der Waals surface area contributed by atoms with Gasteiger partial charge in [-0.15, -0.1) is 0 Å². The van der Waals surface area contributed by atoms with E-state index in [1.165, 1.54) is 12.1 Å². The van der Waals surface area contributed by atoms with Gasteiger partial charge in [-0.1, -0.05) is 6.07 Å². The summed E-state index contributed by atoms with van der Waals surface area (Å²) in [6.07, 6.45) is 1.74. The fraction of sp³-hybridized carbons (Fsp3) is 0.0833. The van der Waals surface area contributed by atoms with Gasteiger partial charge in [0.05, 0.1) is 5.69 Å². The monoisotopic (exact) mass is 293 g/mol. The number of benzene rings is 1. The summed E-state index contributed by atoms with van der Waals surface area (Å²) in [4.78, 5) is 14.2. The Balaban J connectivity index is 2.02. The molecule has 104 valence electrons. The molecule has 1 fully saturated rings. The molecule has 8 heteroatoms. The molecule has 3 N–H and O–H groups in total. The van der Waals surface area contributed by atoms with E-state index in [0.29, 0.717) is 5.56 Å². The molecule has 1 aliphatic rings. The zero-order valence-electron chi connectivity index (χ0n) is 10.2. The second kappa shape index (κ2) is 4.27. The molecule has 20 heavy (non-hydrogen) atoms. The van der Waals surface area contributed by atoms with Crippen LogP contribution in [0.3, 0.4) is 0 Å². The zero-order chi connectivity index (χ0) is 14.3. The largest absolute Gasteiger partial charge is 0.506 e. The van der Waals surface area contributed by atoms with Crippen molar-refractivity contribution in [3.63, 3.8) is 0 Å². The number of H-pyrrole nitrogens is 1. The van der Waals surface area contributed by atoms with Crippen molar-refractivity contribution in [1.82, 2.24) is 9.71 Å². The maximum absolute atomic E-state index is 11.7. The first-order chi connectivity index (χ1) is 9.47. The zero-order valence-corrected chi connectivity index (χ0v) is 11.0. The van der Waals surface area contributed by atoms with Gasteiger partial charge in [-0.3, -0.25) is 4.79 Å². The Hall–Kier alpha value is -2.48. The number of nitrogens with one attached hydrogen (secondary N) is 2. The van der Waals surface area contributed by atoms with Crippen LogP contribution in [-0.4, -0.2) is 31.0 Å². The van der Waals surface area contributed by atoms with Crippen LogP contribution < -0.4 is 9.03 Å². The summed E-state index contributed by atoms with van der Waals surface area (Å²) in [5.41, 5.74) is 1.58. The topological polar surface area (TPSA) is 102 Å². The van der Waals surface area contributed by atoms with Crippen molar-refractivity contribution in [1.29, 1.82) is 0 Å². The van der Waals surface area contributed by atoms with Gasteiger partial charge in [0.1, 0.15) is 12.3 Å². The summed E-state index contributed by atoms with van der Waals surface area (Å²) in [5, 5.41) is 10.0. The highest BCUT2D eigenvalue weighted by Crippen LogP contribution is 2.33. The van der Waals surface area contributed by atoms with Crippen molar-refractivity contribution >= 4 is 21.8 Å². The van der Waals surface area contributed by atoms with Gasteiger partial charge in [-0.2, -0.15) is 8.42 Å². The van der Waals surface area contributed by atoms with Crippen LogP contribution in [0.25, 0.3) is 11.3 Å². The third-order valence-electron chi connectivity index (χ3n) is 2.97. The second-order valence-corrected chi connectivity index (χ2v) is 5.92. The Morgan fingerprint density at radius 2 is 2.05 bits per heavy atom. The van der Waals surface area contributed by atoms with E-state index in [9.17, 15) is 18.3 Å². The molecular weight excluding hydrogens is 282 g/mol. The second-order valence-electron chi connectivity index (χ2n) is 4.32. The SMILES string of the molecule is O=C1CN(c2ccc(-c3ccc[nH]3)cc2O)S(=O)(=O)N1. The van der Waals surface area contributed by atoms with E-state index in [1.54, 1.807) is 12.3 Å². The van der Waals surface area contributed by atoms with Crippen LogP contribution in [0, 0.1) is 0 Å². The highest BCUT2D eigenvalue weighted by molar-refractivity contribution is 7.92. The molecule has 0 radical (unpaired) electrons. The van der Waals surface area contributed by atoms with E-state index in [0.717, 1.165) is 10.00 Å². The lowest BCUT2D eigenvalue weighted by atomic mass is 10.1. The standard InChI is InChI=1S/C12H11N3O4S/c16-11-6-8(9-2-1-5-13-9)3-4-10(11)15-7-12(17)14-20(15,18)19/h1-6,13,16H,7H2,(H,14,17). The van der Waals surface area contributed by atoms with E-state index < -0.39 is 16.1 Å². The minimum Gasteiger partial charge on any atom is -0.506 e. The van der Waals surface area contributed by atoms with Crippen LogP contribution in [0.15, 0.2) is 36.5 Å². The number of carbonyl (C=O) groups is 1.